The van der Waals surface area contributed by atoms with E-state index in [9.17, 15) is 9.59 Å². The van der Waals surface area contributed by atoms with Gasteiger partial charge in [0.25, 0.3) is 11.5 Å². The average Bonchev–Trinajstić information content (AvgIpc) is 3.28. The van der Waals surface area contributed by atoms with Crippen molar-refractivity contribution in [2.45, 2.75) is 38.8 Å². The maximum atomic E-state index is 13.1. The molecule has 2 aromatic heterocycles. The van der Waals surface area contributed by atoms with E-state index in [0.29, 0.717) is 32.8 Å². The molecule has 0 aromatic carbocycles. The third-order valence-electron chi connectivity index (χ3n) is 4.75. The van der Waals surface area contributed by atoms with Crippen LogP contribution in [0.15, 0.2) is 34.1 Å². The Morgan fingerprint density at radius 3 is 2.97 bits per heavy atom. The summed E-state index contributed by atoms with van der Waals surface area (Å²) in [7, 11) is 0. The highest BCUT2D eigenvalue weighted by molar-refractivity contribution is 8.26. The van der Waals surface area contributed by atoms with Crippen molar-refractivity contribution in [3.05, 3.63) is 45.2 Å². The van der Waals surface area contributed by atoms with Gasteiger partial charge in [-0.2, -0.15) is 0 Å². The number of thioether (sulfide) groups is 1. The number of hydrogen-bond donors (Lipinski definition) is 1. The largest absolute Gasteiger partial charge is 0.376 e. The lowest BCUT2D eigenvalue weighted by Crippen LogP contribution is -2.35. The fourth-order valence-electron chi connectivity index (χ4n) is 3.40. The summed E-state index contributed by atoms with van der Waals surface area (Å²) in [5.41, 5.74) is 0.659. The number of amides is 1. The first-order valence-corrected chi connectivity index (χ1v) is 10.8. The van der Waals surface area contributed by atoms with Crippen LogP contribution < -0.4 is 10.9 Å². The van der Waals surface area contributed by atoms with Gasteiger partial charge < -0.3 is 10.1 Å². The van der Waals surface area contributed by atoms with Crippen LogP contribution in [0.5, 0.6) is 0 Å². The van der Waals surface area contributed by atoms with Gasteiger partial charge >= 0.3 is 0 Å². The molecule has 1 atom stereocenters. The Bertz CT molecular complexity index is 1060. The Balaban J connectivity index is 1.73. The zero-order valence-corrected chi connectivity index (χ0v) is 17.9. The first-order chi connectivity index (χ1) is 13.9. The summed E-state index contributed by atoms with van der Waals surface area (Å²) < 4.78 is 7.61. The number of thiocarbonyl (C=S) groups is 1. The van der Waals surface area contributed by atoms with E-state index in [2.05, 4.69) is 10.3 Å². The van der Waals surface area contributed by atoms with Crippen LogP contribution >= 0.6 is 24.0 Å². The third-order valence-corrected chi connectivity index (χ3v) is 6.13. The van der Waals surface area contributed by atoms with Crippen LogP contribution in [0.4, 0.5) is 5.82 Å². The molecule has 0 bridgehead atoms. The predicted molar refractivity (Wildman–Crippen MR) is 119 cm³/mol. The second-order valence-corrected chi connectivity index (χ2v) is 9.01. The lowest BCUT2D eigenvalue weighted by Gasteiger charge is -2.18. The summed E-state index contributed by atoms with van der Waals surface area (Å²) in [6, 6.07) is 5.46. The Labute approximate surface area is 178 Å². The lowest BCUT2D eigenvalue weighted by atomic mass is 10.2. The van der Waals surface area contributed by atoms with Gasteiger partial charge in [-0.25, -0.2) is 4.98 Å². The van der Waals surface area contributed by atoms with E-state index in [-0.39, 0.29) is 23.6 Å². The molecular formula is C20H22N4O3S2. The number of pyridine rings is 1. The highest BCUT2D eigenvalue weighted by Crippen LogP contribution is 2.34. The van der Waals surface area contributed by atoms with Gasteiger partial charge in [-0.3, -0.25) is 18.9 Å². The smallest absolute Gasteiger partial charge is 0.267 e. The van der Waals surface area contributed by atoms with Crippen molar-refractivity contribution in [1.29, 1.82) is 0 Å². The number of anilines is 1. The van der Waals surface area contributed by atoms with Crippen molar-refractivity contribution in [3.63, 3.8) is 0 Å². The molecule has 0 radical (unpaired) electrons. The molecule has 152 valence electrons. The van der Waals surface area contributed by atoms with Crippen molar-refractivity contribution >= 4 is 51.7 Å². The number of aromatic nitrogens is 2. The van der Waals surface area contributed by atoms with Crippen molar-refractivity contribution < 1.29 is 9.53 Å². The molecule has 1 amide bonds. The minimum atomic E-state index is -0.233. The average molecular weight is 431 g/mol. The zero-order chi connectivity index (χ0) is 20.5. The van der Waals surface area contributed by atoms with E-state index in [0.717, 1.165) is 19.4 Å². The van der Waals surface area contributed by atoms with Crippen molar-refractivity contribution in [2.24, 2.45) is 0 Å². The minimum Gasteiger partial charge on any atom is -0.376 e. The molecule has 7 nitrogen and oxygen atoms in total. The monoisotopic (exact) mass is 430 g/mol. The number of fused-ring (bicyclic) bond motifs is 1. The summed E-state index contributed by atoms with van der Waals surface area (Å²) in [6.07, 6.45) is 5.22. The molecule has 0 spiro atoms. The molecule has 4 rings (SSSR count). The molecule has 9 heteroatoms. The van der Waals surface area contributed by atoms with E-state index in [1.54, 1.807) is 29.3 Å². The summed E-state index contributed by atoms with van der Waals surface area (Å²) in [5, 5.41) is 3.22. The normalized spacial score (nSPS) is 21.1. The second-order valence-electron chi connectivity index (χ2n) is 7.33. The molecule has 29 heavy (non-hydrogen) atoms. The first-order valence-electron chi connectivity index (χ1n) is 9.59. The molecular weight excluding hydrogens is 408 g/mol. The summed E-state index contributed by atoms with van der Waals surface area (Å²) >= 11 is 6.63. The number of ether oxygens (including phenoxy) is 1. The quantitative estimate of drug-likeness (QED) is 0.577. The minimum absolute atomic E-state index is 0.0166. The first kappa shape index (κ1) is 20.1. The summed E-state index contributed by atoms with van der Waals surface area (Å²) in [5.74, 6) is 0.268. The van der Waals surface area contributed by atoms with E-state index in [1.807, 2.05) is 19.9 Å². The Hall–Kier alpha value is -2.23. The number of rotatable bonds is 5. The van der Waals surface area contributed by atoms with Gasteiger partial charge in [-0.15, -0.1) is 0 Å². The topological polar surface area (TPSA) is 75.9 Å². The van der Waals surface area contributed by atoms with Gasteiger partial charge in [0.05, 0.1) is 23.1 Å². The predicted octanol–water partition coefficient (Wildman–Crippen LogP) is 2.90. The number of carbonyl (C=O) groups is 1. The van der Waals surface area contributed by atoms with Gasteiger partial charge in [-0.1, -0.05) is 30.0 Å². The molecule has 1 unspecified atom stereocenters. The SMILES string of the molecule is CC(C)Nc1nc2ccccn2c(=O)c1C=C1SC(=S)N(CC2CCCO2)C1=O. The van der Waals surface area contributed by atoms with Crippen LogP contribution in [-0.2, 0) is 9.53 Å². The van der Waals surface area contributed by atoms with Gasteiger partial charge in [0.15, 0.2) is 0 Å². The van der Waals surface area contributed by atoms with Crippen LogP contribution in [0, 0.1) is 0 Å². The molecule has 1 N–H and O–H groups in total. The van der Waals surface area contributed by atoms with Crippen LogP contribution in [0.3, 0.4) is 0 Å². The zero-order valence-electron chi connectivity index (χ0n) is 16.3. The van der Waals surface area contributed by atoms with E-state index in [4.69, 9.17) is 17.0 Å². The molecule has 2 saturated heterocycles. The number of nitrogens with one attached hydrogen (secondary N) is 1. The van der Waals surface area contributed by atoms with Crippen molar-refractivity contribution in [2.75, 3.05) is 18.5 Å². The van der Waals surface area contributed by atoms with Gasteiger partial charge in [0, 0.05) is 18.8 Å². The molecule has 2 aromatic rings. The maximum Gasteiger partial charge on any atom is 0.267 e. The maximum absolute atomic E-state index is 13.1. The van der Waals surface area contributed by atoms with Crippen LogP contribution in [-0.4, -0.2) is 49.8 Å². The highest BCUT2D eigenvalue weighted by Gasteiger charge is 2.35. The molecule has 0 saturated carbocycles. The Morgan fingerprint density at radius 1 is 1.41 bits per heavy atom. The number of carbonyl (C=O) groups excluding carboxylic acids is 1. The summed E-state index contributed by atoms with van der Waals surface area (Å²) in [6.45, 7) is 5.12. The lowest BCUT2D eigenvalue weighted by molar-refractivity contribution is -0.123. The van der Waals surface area contributed by atoms with Gasteiger partial charge in [-0.05, 0) is 44.9 Å². The standard InChI is InChI=1S/C20H22N4O3S2/c1-12(2)21-17-14(18(25)23-8-4-3-7-16(23)22-17)10-15-19(26)24(20(28)29-15)11-13-6-5-9-27-13/h3-4,7-8,10,12-13,21H,5-6,9,11H2,1-2H3. The molecule has 0 aliphatic carbocycles. The molecule has 2 fully saturated rings. The van der Waals surface area contributed by atoms with Crippen molar-refractivity contribution in [3.8, 4) is 0 Å². The second kappa shape index (κ2) is 8.25. The molecule has 2 aliphatic rings. The molecule has 4 heterocycles. The van der Waals surface area contributed by atoms with Crippen LogP contribution in [0.25, 0.3) is 11.7 Å². The summed E-state index contributed by atoms with van der Waals surface area (Å²) in [4.78, 5) is 32.7. The van der Waals surface area contributed by atoms with E-state index in [1.165, 1.54) is 16.2 Å². The highest BCUT2D eigenvalue weighted by atomic mass is 32.2. The molecule has 2 aliphatic heterocycles. The van der Waals surface area contributed by atoms with E-state index >= 15 is 0 Å². The third kappa shape index (κ3) is 4.08. The Kier molecular flexibility index (Phi) is 5.71. The van der Waals surface area contributed by atoms with E-state index < -0.39 is 0 Å². The number of hydrogen-bond acceptors (Lipinski definition) is 7. The van der Waals surface area contributed by atoms with Crippen LogP contribution in [0.2, 0.25) is 0 Å². The van der Waals surface area contributed by atoms with Crippen molar-refractivity contribution in [1.82, 2.24) is 14.3 Å². The van der Waals surface area contributed by atoms with Gasteiger partial charge in [0.2, 0.25) is 0 Å². The fourth-order valence-corrected chi connectivity index (χ4v) is 4.65. The van der Waals surface area contributed by atoms with Gasteiger partial charge in [0.1, 0.15) is 15.8 Å². The Morgan fingerprint density at radius 2 is 2.24 bits per heavy atom. The fraction of sp³-hybridized carbons (Fsp3) is 0.400. The number of nitrogens with zero attached hydrogens (tertiary/aromatic N) is 3. The van der Waals surface area contributed by atoms with Crippen LogP contribution in [0.1, 0.15) is 32.3 Å².